The third-order valence-electron chi connectivity index (χ3n) is 4.62. The van der Waals surface area contributed by atoms with Gasteiger partial charge in [0.25, 0.3) is 0 Å². The van der Waals surface area contributed by atoms with Crippen LogP contribution in [0.1, 0.15) is 0 Å². The number of para-hydroxylation sites is 2. The number of anilines is 4. The maximum Gasteiger partial charge on any atom is 0.673 e. The lowest BCUT2D eigenvalue weighted by Crippen LogP contribution is -2.23. The highest BCUT2D eigenvalue weighted by Crippen LogP contribution is 2.45. The summed E-state index contributed by atoms with van der Waals surface area (Å²) in [4.78, 5) is 12.5. The molecule has 0 fully saturated rings. The first-order chi connectivity index (χ1) is 14.4. The molecule has 5 rings (SSSR count). The highest BCUT2D eigenvalue weighted by molar-refractivity contribution is 6.50. The molecule has 1 aliphatic heterocycles. The first kappa shape index (κ1) is 19.7. The van der Waals surface area contributed by atoms with Gasteiger partial charge in [0.2, 0.25) is 5.52 Å². The molecule has 1 aliphatic rings. The number of hydrogen-bond acceptors (Lipinski definition) is 3. The number of aromatic amines is 1. The molecule has 1 aromatic heterocycles. The van der Waals surface area contributed by atoms with Crippen molar-refractivity contribution >= 4 is 41.0 Å². The Morgan fingerprint density at radius 1 is 0.767 bits per heavy atom. The van der Waals surface area contributed by atoms with Gasteiger partial charge < -0.3 is 27.1 Å². The van der Waals surface area contributed by atoms with E-state index in [1.165, 1.54) is 22.7 Å². The standard InChI is InChI=1S/C21H16N4.BF4/c1-3-7-16(8-4-1)24-15-25(17-9-5-2-6-10-17)21-14-19-18(13-20(21)24)22-11-12-23-19;2-1(3,4)5/h1-14H,15H2;/q;-1/p+1. The topological polar surface area (TPSA) is 33.5 Å². The SMILES string of the molecule is F[B-](F)(F)F.c1ccc(N2CN(c3ccccc3)c3cc4[nH+]ccnc4cc32)cc1. The highest BCUT2D eigenvalue weighted by Gasteiger charge is 2.29. The lowest BCUT2D eigenvalue weighted by Gasteiger charge is -2.21. The number of halogens is 4. The van der Waals surface area contributed by atoms with E-state index >= 15 is 0 Å². The van der Waals surface area contributed by atoms with Gasteiger partial charge in [-0.2, -0.15) is 0 Å². The van der Waals surface area contributed by atoms with Crippen LogP contribution in [0.5, 0.6) is 0 Å². The minimum atomic E-state index is -6.00. The monoisotopic (exact) mass is 412 g/mol. The van der Waals surface area contributed by atoms with Gasteiger partial charge in [-0.25, -0.2) is 9.97 Å². The molecule has 0 atom stereocenters. The Bertz CT molecular complexity index is 1050. The van der Waals surface area contributed by atoms with Crippen molar-refractivity contribution in [2.24, 2.45) is 0 Å². The van der Waals surface area contributed by atoms with Crippen LogP contribution < -0.4 is 14.8 Å². The molecule has 30 heavy (non-hydrogen) atoms. The van der Waals surface area contributed by atoms with Gasteiger partial charge in [-0.15, -0.1) is 0 Å². The predicted molar refractivity (Wildman–Crippen MR) is 111 cm³/mol. The van der Waals surface area contributed by atoms with E-state index in [2.05, 4.69) is 80.4 Å². The molecule has 0 saturated carbocycles. The number of hydrogen-bond donors (Lipinski definition) is 0. The van der Waals surface area contributed by atoms with Gasteiger partial charge in [0.1, 0.15) is 12.2 Å². The molecule has 3 aromatic carbocycles. The second kappa shape index (κ2) is 8.02. The lowest BCUT2D eigenvalue weighted by molar-refractivity contribution is -0.345. The van der Waals surface area contributed by atoms with Gasteiger partial charge >= 0.3 is 7.25 Å². The zero-order chi connectivity index (χ0) is 21.1. The van der Waals surface area contributed by atoms with Crippen LogP contribution in [0, 0.1) is 0 Å². The van der Waals surface area contributed by atoms with Crippen LogP contribution in [-0.4, -0.2) is 18.9 Å². The Balaban J connectivity index is 0.000000393. The Morgan fingerprint density at radius 2 is 1.27 bits per heavy atom. The molecule has 0 spiro atoms. The molecule has 152 valence electrons. The predicted octanol–water partition coefficient (Wildman–Crippen LogP) is 5.60. The van der Waals surface area contributed by atoms with Gasteiger partial charge in [-0.1, -0.05) is 36.4 Å². The van der Waals surface area contributed by atoms with Crippen LogP contribution in [0.4, 0.5) is 40.0 Å². The van der Waals surface area contributed by atoms with E-state index in [1.807, 2.05) is 18.3 Å². The zero-order valence-corrected chi connectivity index (χ0v) is 15.7. The second-order valence-corrected chi connectivity index (χ2v) is 6.61. The minimum absolute atomic E-state index is 0.777. The second-order valence-electron chi connectivity index (χ2n) is 6.61. The Kier molecular flexibility index (Phi) is 5.26. The van der Waals surface area contributed by atoms with E-state index in [-0.39, 0.29) is 0 Å². The van der Waals surface area contributed by atoms with E-state index in [0.29, 0.717) is 0 Å². The summed E-state index contributed by atoms with van der Waals surface area (Å²) in [6.45, 7) is 0.777. The third-order valence-corrected chi connectivity index (χ3v) is 4.62. The average molecular weight is 412 g/mol. The molecular weight excluding hydrogens is 395 g/mol. The van der Waals surface area contributed by atoms with E-state index in [1.54, 1.807) is 6.20 Å². The fourth-order valence-electron chi connectivity index (χ4n) is 3.42. The smallest absolute Gasteiger partial charge is 0.418 e. The van der Waals surface area contributed by atoms with Crippen molar-refractivity contribution in [3.63, 3.8) is 0 Å². The van der Waals surface area contributed by atoms with Crippen LogP contribution in [-0.2, 0) is 0 Å². The van der Waals surface area contributed by atoms with Gasteiger partial charge in [-0.05, 0) is 30.3 Å². The molecule has 0 amide bonds. The summed E-state index contributed by atoms with van der Waals surface area (Å²) in [7, 11) is -6.00. The number of fused-ring (bicyclic) bond motifs is 2. The normalized spacial score (nSPS) is 13.1. The van der Waals surface area contributed by atoms with Crippen LogP contribution in [0.15, 0.2) is 85.2 Å². The van der Waals surface area contributed by atoms with Crippen LogP contribution in [0.2, 0.25) is 0 Å². The molecule has 0 radical (unpaired) electrons. The fraction of sp³-hybridized carbons (Fsp3) is 0.0476. The van der Waals surface area contributed by atoms with Crippen LogP contribution in [0.25, 0.3) is 11.0 Å². The number of H-pyrrole nitrogens is 1. The van der Waals surface area contributed by atoms with Crippen molar-refractivity contribution in [3.8, 4) is 0 Å². The van der Waals surface area contributed by atoms with Gasteiger partial charge in [0.05, 0.1) is 17.6 Å². The van der Waals surface area contributed by atoms with Gasteiger partial charge in [0, 0.05) is 17.4 Å². The van der Waals surface area contributed by atoms with Crippen molar-refractivity contribution < 1.29 is 22.2 Å². The van der Waals surface area contributed by atoms with Crippen molar-refractivity contribution in [2.75, 3.05) is 16.5 Å². The van der Waals surface area contributed by atoms with Crippen molar-refractivity contribution in [1.29, 1.82) is 0 Å². The average Bonchev–Trinajstić information content (AvgIpc) is 3.10. The van der Waals surface area contributed by atoms with E-state index < -0.39 is 7.25 Å². The Labute approximate surface area is 170 Å². The summed E-state index contributed by atoms with van der Waals surface area (Å²) in [5.74, 6) is 0. The van der Waals surface area contributed by atoms with Gasteiger partial charge in [0.15, 0.2) is 6.20 Å². The number of rotatable bonds is 2. The molecule has 0 bridgehead atoms. The Hall–Kier alpha value is -3.62. The van der Waals surface area contributed by atoms with Crippen molar-refractivity contribution in [3.05, 3.63) is 85.2 Å². The summed E-state index contributed by atoms with van der Waals surface area (Å²) in [5, 5.41) is 0. The zero-order valence-electron chi connectivity index (χ0n) is 15.7. The molecule has 4 nitrogen and oxygen atoms in total. The maximum absolute atomic E-state index is 9.75. The summed E-state index contributed by atoms with van der Waals surface area (Å²) >= 11 is 0. The number of aromatic nitrogens is 2. The van der Waals surface area contributed by atoms with Crippen LogP contribution >= 0.6 is 0 Å². The van der Waals surface area contributed by atoms with Gasteiger partial charge in [-0.3, -0.25) is 0 Å². The molecule has 0 saturated heterocycles. The molecule has 4 aromatic rings. The van der Waals surface area contributed by atoms with Crippen molar-refractivity contribution in [2.45, 2.75) is 0 Å². The highest BCUT2D eigenvalue weighted by atomic mass is 19.5. The summed E-state index contributed by atoms with van der Waals surface area (Å²) in [6, 6.07) is 25.3. The Morgan fingerprint density at radius 3 is 1.80 bits per heavy atom. The molecule has 9 heteroatoms. The summed E-state index contributed by atoms with van der Waals surface area (Å²) in [5.41, 5.74) is 6.74. The maximum atomic E-state index is 9.75. The first-order valence-corrected chi connectivity index (χ1v) is 9.23. The number of nitrogens with zero attached hydrogens (tertiary/aromatic N) is 3. The molecule has 0 unspecified atom stereocenters. The van der Waals surface area contributed by atoms with E-state index in [9.17, 15) is 17.3 Å². The largest absolute Gasteiger partial charge is 0.673 e. The molecule has 0 aliphatic carbocycles. The number of benzene rings is 3. The summed E-state index contributed by atoms with van der Waals surface area (Å²) in [6.07, 6.45) is 3.66. The lowest BCUT2D eigenvalue weighted by atomic mass is 10.2. The van der Waals surface area contributed by atoms with E-state index in [4.69, 9.17) is 0 Å². The van der Waals surface area contributed by atoms with Crippen molar-refractivity contribution in [1.82, 2.24) is 4.98 Å². The first-order valence-electron chi connectivity index (χ1n) is 9.23. The fourth-order valence-corrected chi connectivity index (χ4v) is 3.42. The van der Waals surface area contributed by atoms with E-state index in [0.717, 1.165) is 17.7 Å². The third kappa shape index (κ3) is 4.35. The minimum Gasteiger partial charge on any atom is -0.418 e. The molecule has 1 N–H and O–H groups in total. The quantitative estimate of drug-likeness (QED) is 0.318. The summed E-state index contributed by atoms with van der Waals surface area (Å²) < 4.78 is 39.0. The molecular formula is C21H17BF4N4. The van der Waals surface area contributed by atoms with Crippen LogP contribution in [0.3, 0.4) is 0 Å². The molecule has 2 heterocycles. The number of nitrogens with one attached hydrogen (secondary N) is 1.